The Bertz CT molecular complexity index is 704. The highest BCUT2D eigenvalue weighted by Gasteiger charge is 2.09. The van der Waals surface area contributed by atoms with Gasteiger partial charge in [-0.25, -0.2) is 0 Å². The molecule has 0 aliphatic heterocycles. The molecule has 0 aliphatic rings. The molecule has 0 saturated carbocycles. The third-order valence-electron chi connectivity index (χ3n) is 3.30. The van der Waals surface area contributed by atoms with Gasteiger partial charge >= 0.3 is 0 Å². The van der Waals surface area contributed by atoms with E-state index in [1.165, 1.54) is 0 Å². The first-order chi connectivity index (χ1) is 11.0. The average Bonchev–Trinajstić information content (AvgIpc) is 2.54. The first-order valence-corrected chi connectivity index (χ1v) is 7.70. The summed E-state index contributed by atoms with van der Waals surface area (Å²) in [5, 5.41) is 3.93. The van der Waals surface area contributed by atoms with E-state index in [2.05, 4.69) is 5.32 Å². The largest absolute Gasteiger partial charge is 0.493 e. The summed E-state index contributed by atoms with van der Waals surface area (Å²) in [5.74, 6) is 1.12. The highest BCUT2D eigenvalue weighted by atomic mass is 35.5. The number of ether oxygens (including phenoxy) is 2. The molecule has 2 rings (SSSR count). The molecule has 122 valence electrons. The molecule has 0 radical (unpaired) electrons. The van der Waals surface area contributed by atoms with Gasteiger partial charge in [-0.05, 0) is 35.4 Å². The summed E-state index contributed by atoms with van der Waals surface area (Å²) in [6.07, 6.45) is 0.242. The van der Waals surface area contributed by atoms with Crippen molar-refractivity contribution in [1.82, 2.24) is 5.32 Å². The summed E-state index contributed by atoms with van der Waals surface area (Å²) in [4.78, 5) is 12.1. The van der Waals surface area contributed by atoms with Gasteiger partial charge in [-0.1, -0.05) is 35.3 Å². The van der Waals surface area contributed by atoms with Crippen LogP contribution in [0.25, 0.3) is 0 Å². The van der Waals surface area contributed by atoms with Crippen LogP contribution in [0.4, 0.5) is 0 Å². The van der Waals surface area contributed by atoms with Crippen molar-refractivity contribution in [3.63, 3.8) is 0 Å². The summed E-state index contributed by atoms with van der Waals surface area (Å²) in [5.41, 5.74) is 1.65. The average molecular weight is 354 g/mol. The number of carbonyl (C=O) groups is 1. The van der Waals surface area contributed by atoms with Crippen LogP contribution in [-0.2, 0) is 17.8 Å². The minimum absolute atomic E-state index is 0.108. The predicted molar refractivity (Wildman–Crippen MR) is 91.6 cm³/mol. The summed E-state index contributed by atoms with van der Waals surface area (Å²) in [6.45, 7) is 0.349. The van der Waals surface area contributed by atoms with E-state index in [9.17, 15) is 4.79 Å². The van der Waals surface area contributed by atoms with Gasteiger partial charge in [0.2, 0.25) is 5.91 Å². The normalized spacial score (nSPS) is 10.3. The number of nitrogens with one attached hydrogen (secondary N) is 1. The van der Waals surface area contributed by atoms with Crippen LogP contribution in [0, 0.1) is 0 Å². The second-order valence-electron chi connectivity index (χ2n) is 4.88. The molecule has 23 heavy (non-hydrogen) atoms. The first-order valence-electron chi connectivity index (χ1n) is 6.95. The highest BCUT2D eigenvalue weighted by Crippen LogP contribution is 2.27. The molecule has 0 unspecified atom stereocenters. The topological polar surface area (TPSA) is 47.6 Å². The van der Waals surface area contributed by atoms with E-state index in [-0.39, 0.29) is 12.3 Å². The van der Waals surface area contributed by atoms with Gasteiger partial charge in [0.25, 0.3) is 0 Å². The van der Waals surface area contributed by atoms with Gasteiger partial charge in [0.1, 0.15) is 0 Å². The number of halogens is 2. The predicted octanol–water partition coefficient (Wildman–Crippen LogP) is 3.87. The Kier molecular flexibility index (Phi) is 6.13. The summed E-state index contributed by atoms with van der Waals surface area (Å²) < 4.78 is 10.4. The van der Waals surface area contributed by atoms with Crippen molar-refractivity contribution in [3.8, 4) is 11.5 Å². The van der Waals surface area contributed by atoms with E-state index in [4.69, 9.17) is 32.7 Å². The van der Waals surface area contributed by atoms with Gasteiger partial charge in [-0.15, -0.1) is 0 Å². The number of rotatable bonds is 6. The molecule has 0 bridgehead atoms. The second-order valence-corrected chi connectivity index (χ2v) is 5.72. The Labute approximate surface area is 145 Å². The fourth-order valence-corrected chi connectivity index (χ4v) is 2.57. The van der Waals surface area contributed by atoms with Crippen molar-refractivity contribution in [1.29, 1.82) is 0 Å². The first kappa shape index (κ1) is 17.4. The lowest BCUT2D eigenvalue weighted by Gasteiger charge is -2.10. The molecule has 0 heterocycles. The molecule has 6 heteroatoms. The van der Waals surface area contributed by atoms with Crippen LogP contribution in [0.5, 0.6) is 11.5 Å². The molecule has 0 spiro atoms. The van der Waals surface area contributed by atoms with Crippen LogP contribution in [0.3, 0.4) is 0 Å². The minimum atomic E-state index is -0.108. The Hall–Kier alpha value is -1.91. The molecule has 0 aromatic heterocycles. The van der Waals surface area contributed by atoms with Crippen LogP contribution in [0.2, 0.25) is 10.0 Å². The quantitative estimate of drug-likeness (QED) is 0.857. The minimum Gasteiger partial charge on any atom is -0.493 e. The van der Waals surface area contributed by atoms with Gasteiger partial charge in [0.05, 0.1) is 20.6 Å². The van der Waals surface area contributed by atoms with E-state index in [1.807, 2.05) is 6.07 Å². The Morgan fingerprint density at radius 3 is 2.43 bits per heavy atom. The Balaban J connectivity index is 1.97. The van der Waals surface area contributed by atoms with Crippen molar-refractivity contribution in [2.24, 2.45) is 0 Å². The second kappa shape index (κ2) is 8.09. The van der Waals surface area contributed by atoms with Crippen molar-refractivity contribution in [3.05, 3.63) is 57.6 Å². The summed E-state index contributed by atoms with van der Waals surface area (Å²) >= 11 is 11.9. The number of hydrogen-bond donors (Lipinski definition) is 1. The highest BCUT2D eigenvalue weighted by molar-refractivity contribution is 6.35. The lowest BCUT2D eigenvalue weighted by atomic mass is 10.1. The molecule has 1 N–H and O–H groups in total. The number of amides is 1. The van der Waals surface area contributed by atoms with Crippen molar-refractivity contribution in [2.75, 3.05) is 14.2 Å². The molecule has 0 fully saturated rings. The maximum Gasteiger partial charge on any atom is 0.224 e. The fraction of sp³-hybridized carbons (Fsp3) is 0.235. The zero-order valence-corrected chi connectivity index (χ0v) is 14.4. The van der Waals surface area contributed by atoms with Crippen LogP contribution >= 0.6 is 23.2 Å². The third-order valence-corrected chi connectivity index (χ3v) is 3.89. The van der Waals surface area contributed by atoms with Crippen molar-refractivity contribution < 1.29 is 14.3 Å². The molecule has 0 saturated heterocycles. The maximum atomic E-state index is 12.1. The maximum absolute atomic E-state index is 12.1. The number of carbonyl (C=O) groups excluding carboxylic acids is 1. The Morgan fingerprint density at radius 1 is 1.04 bits per heavy atom. The van der Waals surface area contributed by atoms with E-state index in [0.29, 0.717) is 28.1 Å². The van der Waals surface area contributed by atoms with Gasteiger partial charge in [0.15, 0.2) is 11.5 Å². The fourth-order valence-electron chi connectivity index (χ4n) is 2.10. The van der Waals surface area contributed by atoms with E-state index in [0.717, 1.165) is 11.1 Å². The lowest BCUT2D eigenvalue weighted by Crippen LogP contribution is -2.24. The van der Waals surface area contributed by atoms with Crippen molar-refractivity contribution in [2.45, 2.75) is 13.0 Å². The SMILES string of the molecule is COc1ccc(CC(=O)NCc2ccc(Cl)cc2Cl)cc1OC. The molecular weight excluding hydrogens is 337 g/mol. The molecule has 2 aromatic rings. The smallest absolute Gasteiger partial charge is 0.224 e. The van der Waals surface area contributed by atoms with Crippen LogP contribution in [0.15, 0.2) is 36.4 Å². The molecule has 4 nitrogen and oxygen atoms in total. The van der Waals surface area contributed by atoms with Crippen LogP contribution in [0.1, 0.15) is 11.1 Å². The van der Waals surface area contributed by atoms with Crippen LogP contribution in [-0.4, -0.2) is 20.1 Å². The van der Waals surface area contributed by atoms with Gasteiger partial charge in [-0.2, -0.15) is 0 Å². The number of methoxy groups -OCH3 is 2. The number of hydrogen-bond acceptors (Lipinski definition) is 3. The van der Waals surface area contributed by atoms with E-state index >= 15 is 0 Å². The Morgan fingerprint density at radius 2 is 1.78 bits per heavy atom. The molecule has 0 aliphatic carbocycles. The van der Waals surface area contributed by atoms with Crippen LogP contribution < -0.4 is 14.8 Å². The summed E-state index contributed by atoms with van der Waals surface area (Å²) in [6, 6.07) is 10.6. The number of benzene rings is 2. The van der Waals surface area contributed by atoms with E-state index < -0.39 is 0 Å². The monoisotopic (exact) mass is 353 g/mol. The zero-order valence-electron chi connectivity index (χ0n) is 12.9. The van der Waals surface area contributed by atoms with Gasteiger partial charge in [0, 0.05) is 16.6 Å². The van der Waals surface area contributed by atoms with Crippen molar-refractivity contribution >= 4 is 29.1 Å². The third kappa shape index (κ3) is 4.78. The van der Waals surface area contributed by atoms with Gasteiger partial charge in [-0.3, -0.25) is 4.79 Å². The summed E-state index contributed by atoms with van der Waals surface area (Å²) in [7, 11) is 3.13. The molecule has 2 aromatic carbocycles. The lowest BCUT2D eigenvalue weighted by molar-refractivity contribution is -0.120. The molecule has 1 amide bonds. The molecule has 0 atom stereocenters. The van der Waals surface area contributed by atoms with Gasteiger partial charge < -0.3 is 14.8 Å². The molecular formula is C17H17Cl2NO3. The standard InChI is InChI=1S/C17H17Cl2NO3/c1-22-15-6-3-11(7-16(15)23-2)8-17(21)20-10-12-4-5-13(18)9-14(12)19/h3-7,9H,8,10H2,1-2H3,(H,20,21). The van der Waals surface area contributed by atoms with E-state index in [1.54, 1.807) is 44.6 Å². The zero-order chi connectivity index (χ0) is 16.8.